The number of methoxy groups -OCH3 is 1. The average molecular weight is 428 g/mol. The molecule has 0 aliphatic carbocycles. The fourth-order valence-corrected chi connectivity index (χ4v) is 4.12. The number of pyridine rings is 2. The zero-order chi connectivity index (χ0) is 22.4. The molecule has 162 valence electrons. The molecule has 0 amide bonds. The van der Waals surface area contributed by atoms with Crippen LogP contribution in [0.2, 0.25) is 0 Å². The van der Waals surface area contributed by atoms with Crippen LogP contribution in [-0.2, 0) is 24.9 Å². The standard InChI is InChI=1S/C24H24N6O2/c1-5-29-13-22(15(2)27-29)30-23-19-10-16(17-6-8-18(14-32-4)25-11-17)7-9-20(19)26-12-21(23)28(3)24(30)31/h6-13H,5,14H2,1-4H3. The van der Waals surface area contributed by atoms with Crippen molar-refractivity contribution in [3.8, 4) is 16.8 Å². The van der Waals surface area contributed by atoms with Crippen LogP contribution in [0, 0.1) is 6.92 Å². The van der Waals surface area contributed by atoms with Crippen molar-refractivity contribution in [1.82, 2.24) is 28.9 Å². The topological polar surface area (TPSA) is 79.8 Å². The van der Waals surface area contributed by atoms with Gasteiger partial charge in [-0.1, -0.05) is 12.1 Å². The monoisotopic (exact) mass is 428 g/mol. The van der Waals surface area contributed by atoms with Crippen molar-refractivity contribution in [2.24, 2.45) is 7.05 Å². The molecular weight excluding hydrogens is 404 g/mol. The Labute approximate surface area is 184 Å². The molecule has 0 bridgehead atoms. The first-order valence-corrected chi connectivity index (χ1v) is 10.5. The lowest BCUT2D eigenvalue weighted by Gasteiger charge is -2.08. The first-order chi connectivity index (χ1) is 15.5. The van der Waals surface area contributed by atoms with Gasteiger partial charge in [0.25, 0.3) is 0 Å². The van der Waals surface area contributed by atoms with Crippen LogP contribution in [0.3, 0.4) is 0 Å². The average Bonchev–Trinajstić information content (AvgIpc) is 3.30. The van der Waals surface area contributed by atoms with E-state index in [0.717, 1.165) is 56.7 Å². The Morgan fingerprint density at radius 3 is 2.56 bits per heavy atom. The van der Waals surface area contributed by atoms with Gasteiger partial charge in [-0.25, -0.2) is 4.79 Å². The summed E-state index contributed by atoms with van der Waals surface area (Å²) in [4.78, 5) is 22.4. The van der Waals surface area contributed by atoms with Crippen LogP contribution in [-0.4, -0.2) is 36.0 Å². The highest BCUT2D eigenvalue weighted by Gasteiger charge is 2.19. The predicted molar refractivity (Wildman–Crippen MR) is 124 cm³/mol. The summed E-state index contributed by atoms with van der Waals surface area (Å²) in [6.07, 6.45) is 5.53. The third kappa shape index (κ3) is 3.11. The summed E-state index contributed by atoms with van der Waals surface area (Å²) < 4.78 is 10.4. The summed E-state index contributed by atoms with van der Waals surface area (Å²) in [5.41, 5.74) is 6.77. The second kappa shape index (κ2) is 7.72. The summed E-state index contributed by atoms with van der Waals surface area (Å²) in [6, 6.07) is 10.1. The maximum absolute atomic E-state index is 13.3. The van der Waals surface area contributed by atoms with Gasteiger partial charge in [0.1, 0.15) is 0 Å². The molecule has 1 aromatic carbocycles. The molecule has 8 heteroatoms. The minimum Gasteiger partial charge on any atom is -0.378 e. The lowest BCUT2D eigenvalue weighted by Crippen LogP contribution is -2.21. The van der Waals surface area contributed by atoms with E-state index in [1.165, 1.54) is 0 Å². The van der Waals surface area contributed by atoms with Gasteiger partial charge in [0.15, 0.2) is 0 Å². The Morgan fingerprint density at radius 2 is 1.88 bits per heavy atom. The van der Waals surface area contributed by atoms with Gasteiger partial charge >= 0.3 is 5.69 Å². The smallest absolute Gasteiger partial charge is 0.333 e. The van der Waals surface area contributed by atoms with Crippen molar-refractivity contribution >= 4 is 21.9 Å². The number of imidazole rings is 1. The number of aryl methyl sites for hydroxylation is 3. The number of hydrogen-bond donors (Lipinski definition) is 0. The van der Waals surface area contributed by atoms with Crippen LogP contribution in [0.1, 0.15) is 18.3 Å². The van der Waals surface area contributed by atoms with Gasteiger partial charge in [-0.05, 0) is 37.6 Å². The van der Waals surface area contributed by atoms with Gasteiger partial charge in [0.05, 0.1) is 46.4 Å². The molecule has 0 saturated heterocycles. The number of ether oxygens (including phenoxy) is 1. The quantitative estimate of drug-likeness (QED) is 0.427. The van der Waals surface area contributed by atoms with E-state index in [1.54, 1.807) is 29.5 Å². The van der Waals surface area contributed by atoms with E-state index >= 15 is 0 Å². The van der Waals surface area contributed by atoms with Crippen molar-refractivity contribution in [3.63, 3.8) is 0 Å². The third-order valence-corrected chi connectivity index (χ3v) is 5.82. The second-order valence-corrected chi connectivity index (χ2v) is 7.83. The Morgan fingerprint density at radius 1 is 1.06 bits per heavy atom. The van der Waals surface area contributed by atoms with Gasteiger partial charge in [0, 0.05) is 44.0 Å². The molecule has 0 spiro atoms. The van der Waals surface area contributed by atoms with Crippen molar-refractivity contribution in [3.05, 3.63) is 70.8 Å². The van der Waals surface area contributed by atoms with Crippen LogP contribution in [0.15, 0.2) is 53.7 Å². The molecule has 0 aliphatic heterocycles. The van der Waals surface area contributed by atoms with Crippen molar-refractivity contribution in [2.75, 3.05) is 7.11 Å². The highest BCUT2D eigenvalue weighted by atomic mass is 16.5. The number of rotatable bonds is 5. The second-order valence-electron chi connectivity index (χ2n) is 7.83. The van der Waals surface area contributed by atoms with Gasteiger partial charge in [-0.2, -0.15) is 5.10 Å². The van der Waals surface area contributed by atoms with E-state index in [2.05, 4.69) is 21.1 Å². The van der Waals surface area contributed by atoms with E-state index in [-0.39, 0.29) is 5.69 Å². The largest absolute Gasteiger partial charge is 0.378 e. The predicted octanol–water partition coefficient (Wildman–Crippen LogP) is 3.61. The summed E-state index contributed by atoms with van der Waals surface area (Å²) in [6.45, 7) is 5.16. The van der Waals surface area contributed by atoms with Crippen molar-refractivity contribution < 1.29 is 4.74 Å². The zero-order valence-electron chi connectivity index (χ0n) is 18.5. The zero-order valence-corrected chi connectivity index (χ0v) is 18.5. The molecule has 0 aliphatic rings. The molecule has 5 rings (SSSR count). The molecule has 0 atom stereocenters. The lowest BCUT2D eigenvalue weighted by atomic mass is 10.0. The van der Waals surface area contributed by atoms with Crippen molar-refractivity contribution in [1.29, 1.82) is 0 Å². The molecule has 0 saturated carbocycles. The maximum atomic E-state index is 13.3. The van der Waals surface area contributed by atoms with E-state index in [4.69, 9.17) is 4.74 Å². The van der Waals surface area contributed by atoms with E-state index in [9.17, 15) is 4.79 Å². The molecular formula is C24H24N6O2. The molecule has 0 unspecified atom stereocenters. The number of nitrogens with zero attached hydrogens (tertiary/aromatic N) is 6. The van der Waals surface area contributed by atoms with Crippen molar-refractivity contribution in [2.45, 2.75) is 27.0 Å². The molecule has 8 nitrogen and oxygen atoms in total. The summed E-state index contributed by atoms with van der Waals surface area (Å²) in [7, 11) is 3.43. The fraction of sp³-hybridized carbons (Fsp3) is 0.250. The maximum Gasteiger partial charge on any atom is 0.333 e. The fourth-order valence-electron chi connectivity index (χ4n) is 4.12. The normalized spacial score (nSPS) is 11.6. The van der Waals surface area contributed by atoms with Gasteiger partial charge < -0.3 is 4.74 Å². The molecule has 32 heavy (non-hydrogen) atoms. The van der Waals surface area contributed by atoms with E-state index < -0.39 is 0 Å². The van der Waals surface area contributed by atoms with Gasteiger partial charge in [0.2, 0.25) is 0 Å². The Bertz CT molecular complexity index is 1510. The lowest BCUT2D eigenvalue weighted by molar-refractivity contribution is 0.181. The SMILES string of the molecule is CCn1cc(-n2c(=O)n(C)c3cnc4ccc(-c5ccc(COC)nc5)cc4c32)c(C)n1. The number of benzene rings is 1. The van der Waals surface area contributed by atoms with Gasteiger partial charge in [-0.15, -0.1) is 0 Å². The van der Waals surface area contributed by atoms with Gasteiger partial charge in [-0.3, -0.25) is 23.8 Å². The highest BCUT2D eigenvalue weighted by Crippen LogP contribution is 2.30. The first kappa shape index (κ1) is 20.1. The molecule has 0 fully saturated rings. The highest BCUT2D eigenvalue weighted by molar-refractivity contribution is 6.04. The molecule has 0 radical (unpaired) electrons. The third-order valence-electron chi connectivity index (χ3n) is 5.82. The molecule has 5 aromatic rings. The van der Waals surface area contributed by atoms with E-state index in [0.29, 0.717) is 6.61 Å². The minimum atomic E-state index is -0.121. The summed E-state index contributed by atoms with van der Waals surface area (Å²) in [5, 5.41) is 5.45. The van der Waals surface area contributed by atoms with Crippen LogP contribution < -0.4 is 5.69 Å². The summed E-state index contributed by atoms with van der Waals surface area (Å²) in [5.74, 6) is 0. The Kier molecular flexibility index (Phi) is 4.86. The number of hydrogen-bond acceptors (Lipinski definition) is 5. The van der Waals surface area contributed by atoms with Crippen LogP contribution >= 0.6 is 0 Å². The Balaban J connectivity index is 1.78. The minimum absolute atomic E-state index is 0.121. The Hall–Kier alpha value is -3.78. The van der Waals surface area contributed by atoms with E-state index in [1.807, 2.05) is 55.2 Å². The van der Waals surface area contributed by atoms with Crippen LogP contribution in [0.25, 0.3) is 38.8 Å². The number of aromatic nitrogens is 6. The first-order valence-electron chi connectivity index (χ1n) is 10.5. The van der Waals surface area contributed by atoms with Crippen LogP contribution in [0.4, 0.5) is 0 Å². The molecule has 4 aromatic heterocycles. The molecule has 0 N–H and O–H groups in total. The number of fused-ring (bicyclic) bond motifs is 3. The molecule has 4 heterocycles. The summed E-state index contributed by atoms with van der Waals surface area (Å²) >= 11 is 0. The van der Waals surface area contributed by atoms with Crippen LogP contribution in [0.5, 0.6) is 0 Å².